The third kappa shape index (κ3) is 5.34. The molecule has 0 aliphatic carbocycles. The molecule has 0 aliphatic rings. The van der Waals surface area contributed by atoms with Gasteiger partial charge in [0.05, 0.1) is 6.10 Å². The van der Waals surface area contributed by atoms with Crippen LogP contribution in [-0.2, 0) is 9.59 Å². The summed E-state index contributed by atoms with van der Waals surface area (Å²) in [6, 6.07) is -1.56. The lowest BCUT2D eigenvalue weighted by atomic mass is 10.1. The van der Waals surface area contributed by atoms with Gasteiger partial charge >= 0.3 is 5.97 Å². The van der Waals surface area contributed by atoms with E-state index < -0.39 is 24.0 Å². The normalized spacial score (nSPS) is 16.5. The lowest BCUT2D eigenvalue weighted by Crippen LogP contribution is -2.48. The smallest absolute Gasteiger partial charge is 0.328 e. The number of amides is 1. The molecule has 6 heteroatoms. The fourth-order valence-electron chi connectivity index (χ4n) is 1.00. The lowest BCUT2D eigenvalue weighted by Gasteiger charge is -2.18. The topological polar surface area (TPSA) is 113 Å². The van der Waals surface area contributed by atoms with Gasteiger partial charge in [-0.05, 0) is 13.3 Å². The number of nitrogens with two attached hydrogens (primary N) is 1. The molecule has 0 aliphatic heterocycles. The van der Waals surface area contributed by atoms with E-state index in [0.717, 1.165) is 0 Å². The number of hydrogen-bond donors (Lipinski definition) is 4. The first-order valence-corrected chi connectivity index (χ1v) is 4.84. The molecule has 1 unspecified atom stereocenters. The van der Waals surface area contributed by atoms with Gasteiger partial charge in [-0.3, -0.25) is 4.79 Å². The van der Waals surface area contributed by atoms with Crippen molar-refractivity contribution in [2.45, 2.75) is 44.9 Å². The zero-order valence-electron chi connectivity index (χ0n) is 8.93. The fraction of sp³-hybridized carbons (Fsp3) is 0.778. The number of aliphatic hydroxyl groups excluding tert-OH is 1. The average Bonchev–Trinajstić information content (AvgIpc) is 2.12. The molecular weight excluding hydrogens is 200 g/mol. The molecule has 88 valence electrons. The Morgan fingerprint density at radius 1 is 1.47 bits per heavy atom. The van der Waals surface area contributed by atoms with Crippen molar-refractivity contribution in [3.8, 4) is 0 Å². The van der Waals surface area contributed by atoms with Crippen molar-refractivity contribution in [3.63, 3.8) is 0 Å². The van der Waals surface area contributed by atoms with E-state index in [1.54, 1.807) is 0 Å². The minimum absolute atomic E-state index is 0.0625. The van der Waals surface area contributed by atoms with Crippen LogP contribution in [0.5, 0.6) is 0 Å². The summed E-state index contributed by atoms with van der Waals surface area (Å²) in [7, 11) is 0. The summed E-state index contributed by atoms with van der Waals surface area (Å²) in [4.78, 5) is 21.9. The SMILES string of the molecule is CCC(N)CC(=O)N[C@H](C(=O)O)[C@@H](C)O. The van der Waals surface area contributed by atoms with E-state index in [2.05, 4.69) is 5.32 Å². The lowest BCUT2D eigenvalue weighted by molar-refractivity contribution is -0.144. The van der Waals surface area contributed by atoms with Crippen LogP contribution in [-0.4, -0.2) is 40.3 Å². The van der Waals surface area contributed by atoms with Crippen LogP contribution in [0.3, 0.4) is 0 Å². The Balaban J connectivity index is 4.18. The van der Waals surface area contributed by atoms with E-state index >= 15 is 0 Å². The fourth-order valence-corrected chi connectivity index (χ4v) is 1.00. The molecule has 0 rings (SSSR count). The predicted octanol–water partition coefficient (Wildman–Crippen LogP) is -0.936. The van der Waals surface area contributed by atoms with E-state index in [0.29, 0.717) is 6.42 Å². The molecule has 0 aromatic rings. The van der Waals surface area contributed by atoms with Crippen molar-refractivity contribution in [3.05, 3.63) is 0 Å². The van der Waals surface area contributed by atoms with Gasteiger partial charge in [0.25, 0.3) is 0 Å². The molecule has 0 saturated carbocycles. The predicted molar refractivity (Wildman–Crippen MR) is 54.1 cm³/mol. The first-order valence-electron chi connectivity index (χ1n) is 4.84. The van der Waals surface area contributed by atoms with Gasteiger partial charge in [0.1, 0.15) is 0 Å². The summed E-state index contributed by atoms with van der Waals surface area (Å²) in [5, 5.41) is 20.0. The first kappa shape index (κ1) is 13.9. The Morgan fingerprint density at radius 2 is 2.00 bits per heavy atom. The van der Waals surface area contributed by atoms with Crippen LogP contribution in [0.1, 0.15) is 26.7 Å². The number of aliphatic hydroxyl groups is 1. The maximum absolute atomic E-state index is 11.3. The molecule has 6 nitrogen and oxygen atoms in total. The highest BCUT2D eigenvalue weighted by atomic mass is 16.4. The third-order valence-corrected chi connectivity index (χ3v) is 2.04. The molecule has 0 spiro atoms. The van der Waals surface area contributed by atoms with Gasteiger partial charge < -0.3 is 21.3 Å². The van der Waals surface area contributed by atoms with Crippen LogP contribution in [0.2, 0.25) is 0 Å². The van der Waals surface area contributed by atoms with Gasteiger partial charge in [0.2, 0.25) is 5.91 Å². The summed E-state index contributed by atoms with van der Waals surface area (Å²) in [6.07, 6.45) is -0.434. The molecule has 0 heterocycles. The first-order chi connectivity index (χ1) is 6.88. The van der Waals surface area contributed by atoms with Crippen LogP contribution in [0.15, 0.2) is 0 Å². The van der Waals surface area contributed by atoms with Gasteiger partial charge in [0, 0.05) is 12.5 Å². The molecule has 0 aromatic heterocycles. The quantitative estimate of drug-likeness (QED) is 0.460. The summed E-state index contributed by atoms with van der Waals surface area (Å²) in [6.45, 7) is 3.14. The molecule has 5 N–H and O–H groups in total. The molecule has 0 saturated heterocycles. The molecule has 0 bridgehead atoms. The van der Waals surface area contributed by atoms with Crippen molar-refractivity contribution in [2.24, 2.45) is 5.73 Å². The summed E-state index contributed by atoms with van der Waals surface area (Å²) < 4.78 is 0. The van der Waals surface area contributed by atoms with Crippen molar-refractivity contribution >= 4 is 11.9 Å². The second-order valence-corrected chi connectivity index (χ2v) is 3.50. The number of aliphatic carboxylic acids is 1. The summed E-state index contributed by atoms with van der Waals surface area (Å²) in [5.41, 5.74) is 5.53. The number of nitrogens with one attached hydrogen (secondary N) is 1. The number of rotatable bonds is 6. The Kier molecular flexibility index (Phi) is 5.88. The van der Waals surface area contributed by atoms with Crippen molar-refractivity contribution in [1.82, 2.24) is 5.32 Å². The Bertz CT molecular complexity index is 230. The van der Waals surface area contributed by atoms with E-state index in [9.17, 15) is 9.59 Å². The van der Waals surface area contributed by atoms with E-state index in [1.807, 2.05) is 6.92 Å². The second kappa shape index (κ2) is 6.36. The number of carboxylic acid groups (broad SMARTS) is 1. The van der Waals surface area contributed by atoms with Crippen LogP contribution in [0.25, 0.3) is 0 Å². The van der Waals surface area contributed by atoms with Crippen molar-refractivity contribution < 1.29 is 19.8 Å². The summed E-state index contributed by atoms with van der Waals surface area (Å²) >= 11 is 0. The Morgan fingerprint density at radius 3 is 2.33 bits per heavy atom. The van der Waals surface area contributed by atoms with Crippen molar-refractivity contribution in [1.29, 1.82) is 0 Å². The highest BCUT2D eigenvalue weighted by Gasteiger charge is 2.25. The Labute approximate surface area is 88.5 Å². The van der Waals surface area contributed by atoms with E-state index in [1.165, 1.54) is 6.92 Å². The maximum Gasteiger partial charge on any atom is 0.328 e. The molecule has 15 heavy (non-hydrogen) atoms. The van der Waals surface area contributed by atoms with Crippen LogP contribution in [0.4, 0.5) is 0 Å². The van der Waals surface area contributed by atoms with Crippen molar-refractivity contribution in [2.75, 3.05) is 0 Å². The van der Waals surface area contributed by atoms with Gasteiger partial charge in [-0.25, -0.2) is 4.79 Å². The van der Waals surface area contributed by atoms with Gasteiger partial charge in [-0.1, -0.05) is 6.92 Å². The molecule has 1 amide bonds. The largest absolute Gasteiger partial charge is 0.480 e. The molecule has 0 fully saturated rings. The zero-order valence-corrected chi connectivity index (χ0v) is 8.93. The van der Waals surface area contributed by atoms with Gasteiger partial charge in [-0.2, -0.15) is 0 Å². The van der Waals surface area contributed by atoms with E-state index in [-0.39, 0.29) is 12.5 Å². The maximum atomic E-state index is 11.3. The standard InChI is InChI=1S/C9H18N2O4/c1-3-6(10)4-7(13)11-8(5(2)12)9(14)15/h5-6,8,12H,3-4,10H2,1-2H3,(H,11,13)(H,14,15)/t5-,6?,8+/m1/s1. The number of hydrogen-bond acceptors (Lipinski definition) is 4. The Hall–Kier alpha value is -1.14. The minimum atomic E-state index is -1.28. The monoisotopic (exact) mass is 218 g/mol. The molecule has 0 radical (unpaired) electrons. The highest BCUT2D eigenvalue weighted by Crippen LogP contribution is 1.97. The second-order valence-electron chi connectivity index (χ2n) is 3.50. The van der Waals surface area contributed by atoms with Crippen LogP contribution < -0.4 is 11.1 Å². The van der Waals surface area contributed by atoms with Crippen LogP contribution in [0, 0.1) is 0 Å². The third-order valence-electron chi connectivity index (χ3n) is 2.04. The molecule has 3 atom stereocenters. The van der Waals surface area contributed by atoms with E-state index in [4.69, 9.17) is 15.9 Å². The van der Waals surface area contributed by atoms with Gasteiger partial charge in [0.15, 0.2) is 6.04 Å². The minimum Gasteiger partial charge on any atom is -0.480 e. The number of carbonyl (C=O) groups is 2. The summed E-state index contributed by atoms with van der Waals surface area (Å²) in [5.74, 6) is -1.72. The number of carboxylic acids is 1. The molecule has 0 aromatic carbocycles. The van der Waals surface area contributed by atoms with Gasteiger partial charge in [-0.15, -0.1) is 0 Å². The van der Waals surface area contributed by atoms with Crippen LogP contribution >= 0.6 is 0 Å². The number of carbonyl (C=O) groups excluding carboxylic acids is 1. The molecular formula is C9H18N2O4. The average molecular weight is 218 g/mol. The highest BCUT2D eigenvalue weighted by molar-refractivity contribution is 5.84. The zero-order chi connectivity index (χ0) is 12.0.